The van der Waals surface area contributed by atoms with Crippen molar-refractivity contribution in [3.8, 4) is 6.07 Å². The zero-order valence-electron chi connectivity index (χ0n) is 14.1. The van der Waals surface area contributed by atoms with Crippen LogP contribution in [0.4, 0.5) is 0 Å². The molecule has 4 heteroatoms. The van der Waals surface area contributed by atoms with E-state index in [4.69, 9.17) is 10.00 Å². The molecule has 0 aliphatic carbocycles. The van der Waals surface area contributed by atoms with Crippen LogP contribution in [0.1, 0.15) is 38.8 Å². The molecular weight excluding hydrogens is 274 g/mol. The minimum atomic E-state index is 0.0825. The fraction of sp³-hybridized carbons (Fsp3) is 0.611. The molecule has 0 spiro atoms. The Morgan fingerprint density at radius 3 is 2.64 bits per heavy atom. The summed E-state index contributed by atoms with van der Waals surface area (Å²) in [6.45, 7) is 12.5. The van der Waals surface area contributed by atoms with Gasteiger partial charge in [0.2, 0.25) is 0 Å². The number of ether oxygens (including phenoxy) is 1. The Morgan fingerprint density at radius 1 is 1.32 bits per heavy atom. The number of benzene rings is 1. The molecule has 1 heterocycles. The van der Waals surface area contributed by atoms with Gasteiger partial charge in [-0.2, -0.15) is 5.26 Å². The molecule has 0 amide bonds. The molecule has 1 fully saturated rings. The van der Waals surface area contributed by atoms with Crippen LogP contribution in [0.15, 0.2) is 24.3 Å². The van der Waals surface area contributed by atoms with E-state index in [1.165, 1.54) is 0 Å². The molecule has 2 atom stereocenters. The highest BCUT2D eigenvalue weighted by molar-refractivity contribution is 5.32. The van der Waals surface area contributed by atoms with Crippen LogP contribution in [-0.2, 0) is 11.3 Å². The predicted octanol–water partition coefficient (Wildman–Crippen LogP) is 2.54. The molecule has 120 valence electrons. The van der Waals surface area contributed by atoms with Crippen molar-refractivity contribution in [1.82, 2.24) is 10.2 Å². The molecular formula is C18H27N3O. The van der Waals surface area contributed by atoms with Gasteiger partial charge in [-0.05, 0) is 45.4 Å². The average molecular weight is 301 g/mol. The van der Waals surface area contributed by atoms with Crippen molar-refractivity contribution in [3.63, 3.8) is 0 Å². The van der Waals surface area contributed by atoms with Crippen LogP contribution in [0.3, 0.4) is 0 Å². The van der Waals surface area contributed by atoms with Crippen molar-refractivity contribution in [3.05, 3.63) is 35.4 Å². The fourth-order valence-corrected chi connectivity index (χ4v) is 3.05. The molecule has 0 saturated carbocycles. The van der Waals surface area contributed by atoms with Crippen LogP contribution in [0.5, 0.6) is 0 Å². The molecule has 0 radical (unpaired) electrons. The highest BCUT2D eigenvalue weighted by Crippen LogP contribution is 2.20. The third-order valence-electron chi connectivity index (χ3n) is 4.22. The Balaban J connectivity index is 1.88. The summed E-state index contributed by atoms with van der Waals surface area (Å²) in [5.41, 5.74) is 1.95. The Morgan fingerprint density at radius 2 is 2.00 bits per heavy atom. The molecule has 1 aliphatic rings. The number of rotatable bonds is 5. The van der Waals surface area contributed by atoms with E-state index in [0.29, 0.717) is 0 Å². The van der Waals surface area contributed by atoms with Crippen molar-refractivity contribution in [2.45, 2.75) is 52.0 Å². The van der Waals surface area contributed by atoms with Gasteiger partial charge < -0.3 is 10.1 Å². The van der Waals surface area contributed by atoms with Gasteiger partial charge in [0.15, 0.2) is 0 Å². The summed E-state index contributed by atoms with van der Waals surface area (Å²) in [5, 5.41) is 12.5. The van der Waals surface area contributed by atoms with Gasteiger partial charge in [-0.3, -0.25) is 4.90 Å². The quantitative estimate of drug-likeness (QED) is 0.908. The van der Waals surface area contributed by atoms with E-state index in [1.807, 2.05) is 18.2 Å². The SMILES string of the molecule is CC1CN(C(C)(C)CNCc2cccc(C#N)c2)CC(C)O1. The van der Waals surface area contributed by atoms with E-state index >= 15 is 0 Å². The maximum Gasteiger partial charge on any atom is 0.0991 e. The summed E-state index contributed by atoms with van der Waals surface area (Å²) < 4.78 is 5.82. The molecule has 0 bridgehead atoms. The molecule has 1 aromatic rings. The summed E-state index contributed by atoms with van der Waals surface area (Å²) in [6.07, 6.45) is 0.575. The van der Waals surface area contributed by atoms with E-state index in [0.717, 1.165) is 37.3 Å². The summed E-state index contributed by atoms with van der Waals surface area (Å²) in [6, 6.07) is 9.96. The number of hydrogen-bond acceptors (Lipinski definition) is 4. The zero-order chi connectivity index (χ0) is 16.2. The molecule has 2 unspecified atom stereocenters. The van der Waals surface area contributed by atoms with Gasteiger partial charge in [-0.25, -0.2) is 0 Å². The van der Waals surface area contributed by atoms with Crippen molar-refractivity contribution < 1.29 is 4.74 Å². The smallest absolute Gasteiger partial charge is 0.0991 e. The average Bonchev–Trinajstić information content (AvgIpc) is 2.46. The summed E-state index contributed by atoms with van der Waals surface area (Å²) in [5.74, 6) is 0. The first kappa shape index (κ1) is 17.0. The largest absolute Gasteiger partial charge is 0.373 e. The Bertz CT molecular complexity index is 525. The minimum absolute atomic E-state index is 0.0825. The van der Waals surface area contributed by atoms with E-state index in [9.17, 15) is 0 Å². The van der Waals surface area contributed by atoms with Gasteiger partial charge in [0.25, 0.3) is 0 Å². The van der Waals surface area contributed by atoms with Crippen LogP contribution in [0.25, 0.3) is 0 Å². The third-order valence-corrected chi connectivity index (χ3v) is 4.22. The van der Waals surface area contributed by atoms with Gasteiger partial charge in [0, 0.05) is 31.7 Å². The first-order chi connectivity index (χ1) is 10.4. The van der Waals surface area contributed by atoms with Crippen molar-refractivity contribution >= 4 is 0 Å². The maximum absolute atomic E-state index is 8.95. The van der Waals surface area contributed by atoms with E-state index in [1.54, 1.807) is 0 Å². The summed E-state index contributed by atoms with van der Waals surface area (Å²) in [7, 11) is 0. The fourth-order valence-electron chi connectivity index (χ4n) is 3.05. The van der Waals surface area contributed by atoms with E-state index < -0.39 is 0 Å². The van der Waals surface area contributed by atoms with Crippen LogP contribution in [-0.4, -0.2) is 42.3 Å². The van der Waals surface area contributed by atoms with Crippen LogP contribution in [0, 0.1) is 11.3 Å². The zero-order valence-corrected chi connectivity index (χ0v) is 14.1. The number of hydrogen-bond donors (Lipinski definition) is 1. The highest BCUT2D eigenvalue weighted by Gasteiger charge is 2.32. The second-order valence-corrected chi connectivity index (χ2v) is 6.89. The maximum atomic E-state index is 8.95. The predicted molar refractivity (Wildman–Crippen MR) is 88.5 cm³/mol. The van der Waals surface area contributed by atoms with Crippen LogP contribution in [0.2, 0.25) is 0 Å². The molecule has 1 aromatic carbocycles. The highest BCUT2D eigenvalue weighted by atomic mass is 16.5. The Kier molecular flexibility index (Phi) is 5.57. The van der Waals surface area contributed by atoms with E-state index in [-0.39, 0.29) is 17.7 Å². The monoisotopic (exact) mass is 301 g/mol. The number of nitrogens with one attached hydrogen (secondary N) is 1. The van der Waals surface area contributed by atoms with Crippen LogP contribution < -0.4 is 5.32 Å². The van der Waals surface area contributed by atoms with Gasteiger partial charge in [-0.1, -0.05) is 12.1 Å². The summed E-state index contributed by atoms with van der Waals surface area (Å²) in [4.78, 5) is 2.50. The topological polar surface area (TPSA) is 48.3 Å². The standard InChI is InChI=1S/C18H27N3O/c1-14-11-21(12-15(2)22-14)18(3,4)13-20-10-17-7-5-6-16(8-17)9-19/h5-8,14-15,20H,10-13H2,1-4H3. The molecule has 0 aromatic heterocycles. The second-order valence-electron chi connectivity index (χ2n) is 6.89. The molecule has 2 rings (SSSR count). The molecule has 1 N–H and O–H groups in total. The van der Waals surface area contributed by atoms with E-state index in [2.05, 4.69) is 50.0 Å². The summed E-state index contributed by atoms with van der Waals surface area (Å²) >= 11 is 0. The van der Waals surface area contributed by atoms with Gasteiger partial charge in [0.05, 0.1) is 23.8 Å². The molecule has 22 heavy (non-hydrogen) atoms. The lowest BCUT2D eigenvalue weighted by atomic mass is 10.00. The normalized spacial score (nSPS) is 23.2. The number of nitrogens with zero attached hydrogens (tertiary/aromatic N) is 2. The Labute approximate surface area is 134 Å². The molecule has 1 aliphatic heterocycles. The van der Waals surface area contributed by atoms with Crippen LogP contribution >= 0.6 is 0 Å². The number of morpholine rings is 1. The van der Waals surface area contributed by atoms with Crippen molar-refractivity contribution in [2.24, 2.45) is 0 Å². The number of nitriles is 1. The minimum Gasteiger partial charge on any atom is -0.373 e. The molecule has 4 nitrogen and oxygen atoms in total. The lowest BCUT2D eigenvalue weighted by Gasteiger charge is -2.45. The first-order valence-corrected chi connectivity index (χ1v) is 8.01. The second kappa shape index (κ2) is 7.23. The van der Waals surface area contributed by atoms with Crippen molar-refractivity contribution in [1.29, 1.82) is 5.26 Å². The van der Waals surface area contributed by atoms with Gasteiger partial charge in [0.1, 0.15) is 0 Å². The lowest BCUT2D eigenvalue weighted by Crippen LogP contribution is -2.58. The lowest BCUT2D eigenvalue weighted by molar-refractivity contribution is -0.0952. The molecule has 1 saturated heterocycles. The van der Waals surface area contributed by atoms with Crippen molar-refractivity contribution in [2.75, 3.05) is 19.6 Å². The Hall–Kier alpha value is -1.41. The first-order valence-electron chi connectivity index (χ1n) is 8.01. The third kappa shape index (κ3) is 4.54. The van der Waals surface area contributed by atoms with Gasteiger partial charge in [-0.15, -0.1) is 0 Å². The van der Waals surface area contributed by atoms with Gasteiger partial charge >= 0.3 is 0 Å².